The average molecular weight is 439 g/mol. The van der Waals surface area contributed by atoms with E-state index in [2.05, 4.69) is 10.2 Å². The van der Waals surface area contributed by atoms with Crippen molar-refractivity contribution in [3.05, 3.63) is 45.9 Å². The second-order valence-corrected chi connectivity index (χ2v) is 7.20. The predicted octanol–water partition coefficient (Wildman–Crippen LogP) is 4.88. The second kappa shape index (κ2) is 10.1. The van der Waals surface area contributed by atoms with Crippen LogP contribution in [-0.2, 0) is 4.74 Å². The molecule has 0 saturated carbocycles. The molecule has 29 heavy (non-hydrogen) atoms. The van der Waals surface area contributed by atoms with E-state index in [-0.39, 0.29) is 11.5 Å². The van der Waals surface area contributed by atoms with Crippen LogP contribution in [0.5, 0.6) is 11.5 Å². The van der Waals surface area contributed by atoms with E-state index < -0.39 is 0 Å². The molecule has 0 atom stereocenters. The van der Waals surface area contributed by atoms with Crippen molar-refractivity contribution in [1.82, 2.24) is 0 Å². The summed E-state index contributed by atoms with van der Waals surface area (Å²) in [6.45, 7) is 7.59. The lowest BCUT2D eigenvalue weighted by molar-refractivity contribution is 0.102. The lowest BCUT2D eigenvalue weighted by atomic mass is 10.1. The van der Waals surface area contributed by atoms with Gasteiger partial charge in [-0.25, -0.2) is 0 Å². The van der Waals surface area contributed by atoms with Crippen molar-refractivity contribution in [3.63, 3.8) is 0 Å². The van der Waals surface area contributed by atoms with Crippen LogP contribution >= 0.6 is 23.2 Å². The Labute approximate surface area is 180 Å². The first-order chi connectivity index (χ1) is 14.0. The number of amides is 1. The molecule has 1 N–H and O–H groups in total. The SMILES string of the molecule is CCOc1cc(N2CCOCC2)c(OCC)cc1NC(=O)c1cc(Cl)ccc1Cl. The summed E-state index contributed by atoms with van der Waals surface area (Å²) in [5, 5.41) is 3.63. The van der Waals surface area contributed by atoms with E-state index in [9.17, 15) is 4.79 Å². The van der Waals surface area contributed by atoms with Gasteiger partial charge in [0.1, 0.15) is 11.5 Å². The van der Waals surface area contributed by atoms with Crippen LogP contribution in [0.25, 0.3) is 0 Å². The number of rotatable bonds is 7. The summed E-state index contributed by atoms with van der Waals surface area (Å²) in [6, 6.07) is 8.45. The number of carbonyl (C=O) groups excluding carboxylic acids is 1. The van der Waals surface area contributed by atoms with Crippen LogP contribution in [0.2, 0.25) is 10.0 Å². The third-order valence-corrected chi connectivity index (χ3v) is 5.00. The Balaban J connectivity index is 1.96. The van der Waals surface area contributed by atoms with Crippen molar-refractivity contribution < 1.29 is 19.0 Å². The number of anilines is 2. The molecule has 8 heteroatoms. The molecular weight excluding hydrogens is 415 g/mol. The van der Waals surface area contributed by atoms with Crippen molar-refractivity contribution in [2.75, 3.05) is 49.7 Å². The minimum atomic E-state index is -0.375. The standard InChI is InChI=1S/C21H24Cl2N2O4/c1-3-28-19-13-18(25-7-9-27-10-8-25)20(29-4-2)12-17(19)24-21(26)15-11-14(22)5-6-16(15)23/h5-6,11-13H,3-4,7-10H2,1-2H3,(H,24,26). The van der Waals surface area contributed by atoms with E-state index >= 15 is 0 Å². The number of morpholine rings is 1. The highest BCUT2D eigenvalue weighted by Gasteiger charge is 2.21. The zero-order valence-electron chi connectivity index (χ0n) is 16.5. The van der Waals surface area contributed by atoms with Gasteiger partial charge in [-0.3, -0.25) is 4.79 Å². The molecule has 1 aliphatic heterocycles. The molecule has 1 fully saturated rings. The lowest BCUT2D eigenvalue weighted by Gasteiger charge is -2.31. The highest BCUT2D eigenvalue weighted by molar-refractivity contribution is 6.36. The maximum Gasteiger partial charge on any atom is 0.257 e. The summed E-state index contributed by atoms with van der Waals surface area (Å²) in [5.74, 6) is 0.856. The molecule has 6 nitrogen and oxygen atoms in total. The second-order valence-electron chi connectivity index (χ2n) is 6.36. The van der Waals surface area contributed by atoms with Gasteiger partial charge < -0.3 is 24.4 Å². The number of nitrogens with zero attached hydrogens (tertiary/aromatic N) is 1. The van der Waals surface area contributed by atoms with Gasteiger partial charge in [-0.2, -0.15) is 0 Å². The zero-order valence-corrected chi connectivity index (χ0v) is 18.0. The minimum Gasteiger partial charge on any atom is -0.492 e. The van der Waals surface area contributed by atoms with Crippen LogP contribution in [-0.4, -0.2) is 45.4 Å². The van der Waals surface area contributed by atoms with Gasteiger partial charge in [-0.1, -0.05) is 23.2 Å². The monoisotopic (exact) mass is 438 g/mol. The van der Waals surface area contributed by atoms with Crippen LogP contribution in [0.15, 0.2) is 30.3 Å². The number of benzene rings is 2. The highest BCUT2D eigenvalue weighted by Crippen LogP contribution is 2.39. The molecule has 3 rings (SSSR count). The molecule has 1 amide bonds. The molecular formula is C21H24Cl2N2O4. The first-order valence-electron chi connectivity index (χ1n) is 9.56. The lowest BCUT2D eigenvalue weighted by Crippen LogP contribution is -2.36. The molecule has 2 aromatic rings. The number of hydrogen-bond acceptors (Lipinski definition) is 5. The Morgan fingerprint density at radius 1 is 1.07 bits per heavy atom. The first kappa shape index (κ1) is 21.6. The fourth-order valence-corrected chi connectivity index (χ4v) is 3.48. The van der Waals surface area contributed by atoms with Gasteiger partial charge in [0.2, 0.25) is 0 Å². The average Bonchev–Trinajstić information content (AvgIpc) is 2.72. The summed E-state index contributed by atoms with van der Waals surface area (Å²) in [4.78, 5) is 15.0. The molecule has 1 heterocycles. The van der Waals surface area contributed by atoms with E-state index in [4.69, 9.17) is 37.4 Å². The Kier molecular flexibility index (Phi) is 7.47. The van der Waals surface area contributed by atoms with E-state index in [1.807, 2.05) is 19.9 Å². The van der Waals surface area contributed by atoms with Gasteiger partial charge in [-0.15, -0.1) is 0 Å². The number of nitrogens with one attached hydrogen (secondary N) is 1. The van der Waals surface area contributed by atoms with Gasteiger partial charge in [0, 0.05) is 30.2 Å². The fourth-order valence-electron chi connectivity index (χ4n) is 3.11. The summed E-state index contributed by atoms with van der Waals surface area (Å²) in [5.41, 5.74) is 1.71. The smallest absolute Gasteiger partial charge is 0.257 e. The summed E-state index contributed by atoms with van der Waals surface area (Å²) < 4.78 is 17.1. The molecule has 0 unspecified atom stereocenters. The van der Waals surface area contributed by atoms with Crippen LogP contribution in [0, 0.1) is 0 Å². The molecule has 1 saturated heterocycles. The minimum absolute atomic E-state index is 0.289. The summed E-state index contributed by atoms with van der Waals surface area (Å²) in [7, 11) is 0. The van der Waals surface area contributed by atoms with E-state index in [1.54, 1.807) is 18.2 Å². The van der Waals surface area contributed by atoms with Crippen molar-refractivity contribution in [2.24, 2.45) is 0 Å². The van der Waals surface area contributed by atoms with Crippen molar-refractivity contribution in [1.29, 1.82) is 0 Å². The van der Waals surface area contributed by atoms with E-state index in [1.165, 1.54) is 6.07 Å². The molecule has 156 valence electrons. The quantitative estimate of drug-likeness (QED) is 0.667. The van der Waals surface area contributed by atoms with Crippen molar-refractivity contribution >= 4 is 40.5 Å². The Morgan fingerprint density at radius 2 is 1.76 bits per heavy atom. The number of hydrogen-bond donors (Lipinski definition) is 1. The van der Waals surface area contributed by atoms with Gasteiger partial charge in [0.15, 0.2) is 0 Å². The van der Waals surface area contributed by atoms with Gasteiger partial charge in [0.05, 0.1) is 48.4 Å². The zero-order chi connectivity index (χ0) is 20.8. The molecule has 0 aliphatic carbocycles. The number of halogens is 2. The molecule has 0 aromatic heterocycles. The molecule has 1 aliphatic rings. The number of ether oxygens (including phenoxy) is 3. The Morgan fingerprint density at radius 3 is 2.45 bits per heavy atom. The Bertz CT molecular complexity index is 870. The first-order valence-corrected chi connectivity index (χ1v) is 10.3. The molecule has 2 aromatic carbocycles. The van der Waals surface area contributed by atoms with Crippen LogP contribution in [0.1, 0.15) is 24.2 Å². The maximum atomic E-state index is 12.8. The molecule has 0 radical (unpaired) electrons. The van der Waals surface area contributed by atoms with Gasteiger partial charge >= 0.3 is 0 Å². The van der Waals surface area contributed by atoms with Crippen LogP contribution in [0.3, 0.4) is 0 Å². The molecule has 0 bridgehead atoms. The fraction of sp³-hybridized carbons (Fsp3) is 0.381. The van der Waals surface area contributed by atoms with Crippen molar-refractivity contribution in [3.8, 4) is 11.5 Å². The summed E-state index contributed by atoms with van der Waals surface area (Å²) >= 11 is 12.2. The number of carbonyl (C=O) groups is 1. The van der Waals surface area contributed by atoms with E-state index in [0.29, 0.717) is 53.7 Å². The van der Waals surface area contributed by atoms with Crippen LogP contribution in [0.4, 0.5) is 11.4 Å². The highest BCUT2D eigenvalue weighted by atomic mass is 35.5. The van der Waals surface area contributed by atoms with E-state index in [0.717, 1.165) is 18.8 Å². The molecule has 0 spiro atoms. The summed E-state index contributed by atoms with van der Waals surface area (Å²) in [6.07, 6.45) is 0. The van der Waals surface area contributed by atoms with Gasteiger partial charge in [-0.05, 0) is 32.0 Å². The predicted molar refractivity (Wildman–Crippen MR) is 116 cm³/mol. The third-order valence-electron chi connectivity index (χ3n) is 4.43. The normalized spacial score (nSPS) is 13.9. The maximum absolute atomic E-state index is 12.8. The topological polar surface area (TPSA) is 60.0 Å². The Hall–Kier alpha value is -2.15. The largest absolute Gasteiger partial charge is 0.492 e. The van der Waals surface area contributed by atoms with Crippen molar-refractivity contribution in [2.45, 2.75) is 13.8 Å². The van der Waals surface area contributed by atoms with Gasteiger partial charge in [0.25, 0.3) is 5.91 Å². The van der Waals surface area contributed by atoms with Crippen LogP contribution < -0.4 is 19.7 Å². The third kappa shape index (κ3) is 5.26.